The van der Waals surface area contributed by atoms with Crippen molar-refractivity contribution < 1.29 is 4.79 Å². The van der Waals surface area contributed by atoms with E-state index in [1.54, 1.807) is 0 Å². The molecule has 0 aliphatic heterocycles. The standard InChI is InChI=1S/C26H26N4OS/c1-4-14-30-24(16-21-10-7-9-20-8-5-6-11-22(20)21)28-29-26(30)32-17-25(31)27-23-13-12-18(2)15-19(23)3/h4-13,15H,1,14,16-17H2,2-3H3,(H,27,31). The number of rotatable bonds is 8. The van der Waals surface area contributed by atoms with Crippen LogP contribution in [0.1, 0.15) is 22.5 Å². The molecular formula is C26H26N4OS. The Hall–Kier alpha value is -3.38. The van der Waals surface area contributed by atoms with Gasteiger partial charge >= 0.3 is 0 Å². The zero-order valence-electron chi connectivity index (χ0n) is 18.3. The van der Waals surface area contributed by atoms with Crippen LogP contribution in [0.3, 0.4) is 0 Å². The largest absolute Gasteiger partial charge is 0.325 e. The molecule has 0 bridgehead atoms. The fourth-order valence-corrected chi connectivity index (χ4v) is 4.52. The third-order valence-electron chi connectivity index (χ3n) is 5.32. The molecule has 0 spiro atoms. The summed E-state index contributed by atoms with van der Waals surface area (Å²) in [4.78, 5) is 12.5. The average molecular weight is 443 g/mol. The smallest absolute Gasteiger partial charge is 0.234 e. The van der Waals surface area contributed by atoms with Crippen LogP contribution in [-0.4, -0.2) is 26.4 Å². The molecule has 0 aliphatic carbocycles. The van der Waals surface area contributed by atoms with Gasteiger partial charge in [0, 0.05) is 18.7 Å². The van der Waals surface area contributed by atoms with Gasteiger partial charge in [0.1, 0.15) is 5.82 Å². The van der Waals surface area contributed by atoms with Gasteiger partial charge in [-0.25, -0.2) is 0 Å². The summed E-state index contributed by atoms with van der Waals surface area (Å²) in [6, 6.07) is 20.6. The van der Waals surface area contributed by atoms with Gasteiger partial charge in [0.25, 0.3) is 0 Å². The maximum absolute atomic E-state index is 12.5. The summed E-state index contributed by atoms with van der Waals surface area (Å²) in [6.07, 6.45) is 2.49. The molecule has 1 N–H and O–H groups in total. The van der Waals surface area contributed by atoms with E-state index in [1.807, 2.05) is 42.7 Å². The van der Waals surface area contributed by atoms with Crippen molar-refractivity contribution in [2.24, 2.45) is 0 Å². The van der Waals surface area contributed by atoms with Gasteiger partial charge in [-0.05, 0) is 41.8 Å². The van der Waals surface area contributed by atoms with E-state index >= 15 is 0 Å². The first-order valence-corrected chi connectivity index (χ1v) is 11.5. The van der Waals surface area contributed by atoms with Gasteiger partial charge in [-0.15, -0.1) is 16.8 Å². The molecule has 0 atom stereocenters. The number of anilines is 1. The highest BCUT2D eigenvalue weighted by Crippen LogP contribution is 2.24. The van der Waals surface area contributed by atoms with Gasteiger partial charge in [-0.1, -0.05) is 78.0 Å². The molecule has 1 aromatic heterocycles. The molecule has 0 saturated carbocycles. The van der Waals surface area contributed by atoms with Crippen LogP contribution in [0.25, 0.3) is 10.8 Å². The van der Waals surface area contributed by atoms with Crippen LogP contribution in [0, 0.1) is 13.8 Å². The van der Waals surface area contributed by atoms with Gasteiger partial charge < -0.3 is 9.88 Å². The second-order valence-corrected chi connectivity index (χ2v) is 8.71. The highest BCUT2D eigenvalue weighted by molar-refractivity contribution is 7.99. The number of nitrogens with one attached hydrogen (secondary N) is 1. The Bertz CT molecular complexity index is 1270. The third-order valence-corrected chi connectivity index (χ3v) is 6.29. The van der Waals surface area contributed by atoms with Crippen LogP contribution >= 0.6 is 11.8 Å². The number of aryl methyl sites for hydroxylation is 2. The molecule has 4 rings (SSSR count). The minimum atomic E-state index is -0.0642. The number of nitrogens with zero attached hydrogens (tertiary/aromatic N) is 3. The van der Waals surface area contributed by atoms with Gasteiger partial charge in [0.15, 0.2) is 5.16 Å². The summed E-state index contributed by atoms with van der Waals surface area (Å²) >= 11 is 1.39. The number of hydrogen-bond acceptors (Lipinski definition) is 4. The normalized spacial score (nSPS) is 10.9. The highest BCUT2D eigenvalue weighted by atomic mass is 32.2. The van der Waals surface area contributed by atoms with Crippen molar-refractivity contribution in [3.8, 4) is 0 Å². The molecule has 6 heteroatoms. The van der Waals surface area contributed by atoms with E-state index < -0.39 is 0 Å². The SMILES string of the molecule is C=CCn1c(Cc2cccc3ccccc23)nnc1SCC(=O)Nc1ccc(C)cc1C. The van der Waals surface area contributed by atoms with Gasteiger partial charge in [0.05, 0.1) is 5.75 Å². The number of fused-ring (bicyclic) bond motifs is 1. The Morgan fingerprint density at radius 2 is 1.91 bits per heavy atom. The van der Waals surface area contributed by atoms with E-state index in [0.717, 1.165) is 22.2 Å². The molecule has 0 fully saturated rings. The molecule has 5 nitrogen and oxygen atoms in total. The Balaban J connectivity index is 1.49. The van der Waals surface area contributed by atoms with Crippen molar-refractivity contribution >= 4 is 34.1 Å². The Kier molecular flexibility index (Phi) is 6.71. The molecule has 0 radical (unpaired) electrons. The Labute approximate surface area is 192 Å². The molecule has 3 aromatic carbocycles. The third kappa shape index (κ3) is 4.92. The second kappa shape index (κ2) is 9.83. The number of carbonyl (C=O) groups excluding carboxylic acids is 1. The van der Waals surface area contributed by atoms with Crippen molar-refractivity contribution in [1.82, 2.24) is 14.8 Å². The molecular weight excluding hydrogens is 416 g/mol. The fraction of sp³-hybridized carbons (Fsp3) is 0.192. The maximum Gasteiger partial charge on any atom is 0.234 e. The number of aromatic nitrogens is 3. The maximum atomic E-state index is 12.5. The van der Waals surface area contributed by atoms with Crippen molar-refractivity contribution in [2.75, 3.05) is 11.1 Å². The quantitative estimate of drug-likeness (QED) is 0.287. The van der Waals surface area contributed by atoms with E-state index in [2.05, 4.69) is 64.6 Å². The van der Waals surface area contributed by atoms with E-state index in [0.29, 0.717) is 13.0 Å². The predicted molar refractivity (Wildman–Crippen MR) is 132 cm³/mol. The predicted octanol–water partition coefficient (Wildman–Crippen LogP) is 5.56. The molecule has 32 heavy (non-hydrogen) atoms. The van der Waals surface area contributed by atoms with E-state index in [4.69, 9.17) is 0 Å². The Morgan fingerprint density at radius 3 is 2.72 bits per heavy atom. The van der Waals surface area contributed by atoms with Crippen LogP contribution in [-0.2, 0) is 17.8 Å². The topological polar surface area (TPSA) is 59.8 Å². The molecule has 0 saturated heterocycles. The lowest BCUT2D eigenvalue weighted by molar-refractivity contribution is -0.113. The first-order valence-electron chi connectivity index (χ1n) is 10.5. The lowest BCUT2D eigenvalue weighted by Crippen LogP contribution is -2.15. The highest BCUT2D eigenvalue weighted by Gasteiger charge is 2.15. The first-order chi connectivity index (χ1) is 15.5. The number of hydrogen-bond donors (Lipinski definition) is 1. The number of carbonyl (C=O) groups is 1. The molecule has 1 amide bonds. The van der Waals surface area contributed by atoms with Crippen molar-refractivity contribution in [3.63, 3.8) is 0 Å². The van der Waals surface area contributed by atoms with Gasteiger partial charge in [-0.2, -0.15) is 0 Å². The minimum Gasteiger partial charge on any atom is -0.325 e. The summed E-state index contributed by atoms with van der Waals surface area (Å²) in [7, 11) is 0. The number of amides is 1. The van der Waals surface area contributed by atoms with Gasteiger partial charge in [-0.3, -0.25) is 4.79 Å². The van der Waals surface area contributed by atoms with Crippen LogP contribution in [0.15, 0.2) is 78.5 Å². The first kappa shape index (κ1) is 21.8. The minimum absolute atomic E-state index is 0.0642. The molecule has 1 heterocycles. The molecule has 0 unspecified atom stereocenters. The van der Waals surface area contributed by atoms with Crippen LogP contribution in [0.4, 0.5) is 5.69 Å². The summed E-state index contributed by atoms with van der Waals surface area (Å²) in [5.41, 5.74) is 4.26. The zero-order chi connectivity index (χ0) is 22.5. The van der Waals surface area contributed by atoms with E-state index in [1.165, 1.54) is 33.7 Å². The van der Waals surface area contributed by atoms with Gasteiger partial charge in [0.2, 0.25) is 5.91 Å². The average Bonchev–Trinajstić information content (AvgIpc) is 3.16. The van der Waals surface area contributed by atoms with Crippen molar-refractivity contribution in [2.45, 2.75) is 32.0 Å². The zero-order valence-corrected chi connectivity index (χ0v) is 19.2. The number of thioether (sulfide) groups is 1. The summed E-state index contributed by atoms with van der Waals surface area (Å²) in [5.74, 6) is 1.06. The van der Waals surface area contributed by atoms with E-state index in [9.17, 15) is 4.79 Å². The lowest BCUT2D eigenvalue weighted by Gasteiger charge is -2.10. The summed E-state index contributed by atoms with van der Waals surface area (Å²) < 4.78 is 2.03. The second-order valence-electron chi connectivity index (χ2n) is 7.77. The summed E-state index contributed by atoms with van der Waals surface area (Å²) in [5, 5.41) is 14.9. The van der Waals surface area contributed by atoms with Crippen molar-refractivity contribution in [3.05, 3.63) is 95.8 Å². The van der Waals surface area contributed by atoms with Crippen LogP contribution in [0.5, 0.6) is 0 Å². The summed E-state index contributed by atoms with van der Waals surface area (Å²) in [6.45, 7) is 8.50. The lowest BCUT2D eigenvalue weighted by atomic mass is 10.0. The molecule has 162 valence electrons. The van der Waals surface area contributed by atoms with E-state index in [-0.39, 0.29) is 11.7 Å². The Morgan fingerprint density at radius 1 is 1.09 bits per heavy atom. The molecule has 0 aliphatic rings. The fourth-order valence-electron chi connectivity index (χ4n) is 3.76. The monoisotopic (exact) mass is 442 g/mol. The molecule has 4 aromatic rings. The van der Waals surface area contributed by atoms with Crippen LogP contribution in [0.2, 0.25) is 0 Å². The number of benzene rings is 3. The van der Waals surface area contributed by atoms with Crippen molar-refractivity contribution in [1.29, 1.82) is 0 Å². The van der Waals surface area contributed by atoms with Crippen LogP contribution < -0.4 is 5.32 Å². The number of allylic oxidation sites excluding steroid dienone is 1.